The zero-order chi connectivity index (χ0) is 15.1. The van der Waals surface area contributed by atoms with Crippen molar-refractivity contribution in [3.8, 4) is 0 Å². The Labute approximate surface area is 133 Å². The quantitative estimate of drug-likeness (QED) is 0.601. The van der Waals surface area contributed by atoms with Gasteiger partial charge in [0.15, 0.2) is 0 Å². The second-order valence-electron chi connectivity index (χ2n) is 4.56. The van der Waals surface area contributed by atoms with Gasteiger partial charge in [-0.05, 0) is 46.7 Å². The van der Waals surface area contributed by atoms with E-state index in [1.54, 1.807) is 12.1 Å². The summed E-state index contributed by atoms with van der Waals surface area (Å²) in [4.78, 5) is 24.1. The first-order valence-corrected chi connectivity index (χ1v) is 7.75. The molecule has 0 aromatic heterocycles. The lowest BCUT2D eigenvalue weighted by atomic mass is 9.94. The minimum Gasteiger partial charge on any atom is -0.467 e. The van der Waals surface area contributed by atoms with Crippen molar-refractivity contribution in [1.82, 2.24) is 5.32 Å². The van der Waals surface area contributed by atoms with Crippen LogP contribution in [0.25, 0.3) is 0 Å². The van der Waals surface area contributed by atoms with E-state index >= 15 is 0 Å². The molecule has 1 aromatic carbocycles. The largest absolute Gasteiger partial charge is 0.467 e. The van der Waals surface area contributed by atoms with Crippen molar-refractivity contribution >= 4 is 34.5 Å². The van der Waals surface area contributed by atoms with Gasteiger partial charge in [0.2, 0.25) is 0 Å². The second kappa shape index (κ2) is 8.24. The van der Waals surface area contributed by atoms with Crippen molar-refractivity contribution in [3.63, 3.8) is 0 Å². The minimum atomic E-state index is -0.597. The van der Waals surface area contributed by atoms with E-state index in [1.165, 1.54) is 7.11 Å². The first kappa shape index (κ1) is 16.9. The van der Waals surface area contributed by atoms with Gasteiger partial charge < -0.3 is 10.1 Å². The summed E-state index contributed by atoms with van der Waals surface area (Å²) in [6.07, 6.45) is 1.62. The highest BCUT2D eigenvalue weighted by molar-refractivity contribution is 14.1. The van der Waals surface area contributed by atoms with Crippen LogP contribution in [0.1, 0.15) is 37.0 Å². The van der Waals surface area contributed by atoms with Crippen molar-refractivity contribution in [3.05, 3.63) is 33.4 Å². The summed E-state index contributed by atoms with van der Waals surface area (Å²) in [6.45, 7) is 4.00. The summed E-state index contributed by atoms with van der Waals surface area (Å²) in [6, 6.07) is 6.66. The summed E-state index contributed by atoms with van der Waals surface area (Å²) in [5, 5.41) is 2.80. The number of hydrogen-bond donors (Lipinski definition) is 1. The molecule has 1 atom stereocenters. The Morgan fingerprint density at radius 2 is 1.95 bits per heavy atom. The lowest BCUT2D eigenvalue weighted by molar-refractivity contribution is -0.144. The van der Waals surface area contributed by atoms with Gasteiger partial charge in [-0.3, -0.25) is 4.79 Å². The zero-order valence-electron chi connectivity index (χ0n) is 12.0. The van der Waals surface area contributed by atoms with Crippen LogP contribution in [0.5, 0.6) is 0 Å². The van der Waals surface area contributed by atoms with Crippen LogP contribution < -0.4 is 5.32 Å². The van der Waals surface area contributed by atoms with Crippen LogP contribution in [0.3, 0.4) is 0 Å². The molecule has 0 saturated carbocycles. The second-order valence-corrected chi connectivity index (χ2v) is 5.81. The Bertz CT molecular complexity index is 472. The first-order chi connectivity index (χ1) is 9.53. The van der Waals surface area contributed by atoms with Crippen LogP contribution in [-0.4, -0.2) is 25.0 Å². The fourth-order valence-electron chi connectivity index (χ4n) is 2.11. The van der Waals surface area contributed by atoms with E-state index in [0.717, 1.165) is 16.4 Å². The molecule has 0 spiro atoms. The maximum Gasteiger partial charge on any atom is 0.328 e. The lowest BCUT2D eigenvalue weighted by Crippen LogP contribution is -2.46. The number of carbonyl (C=O) groups is 2. The number of rotatable bonds is 6. The molecule has 0 saturated heterocycles. The summed E-state index contributed by atoms with van der Waals surface area (Å²) in [7, 11) is 1.34. The fraction of sp³-hybridized carbons (Fsp3) is 0.467. The van der Waals surface area contributed by atoms with Crippen LogP contribution in [0.15, 0.2) is 24.3 Å². The molecule has 1 N–H and O–H groups in total. The molecule has 5 heteroatoms. The molecule has 1 aromatic rings. The first-order valence-electron chi connectivity index (χ1n) is 6.67. The highest BCUT2D eigenvalue weighted by Crippen LogP contribution is 2.16. The summed E-state index contributed by atoms with van der Waals surface area (Å²) >= 11 is 2.15. The number of hydrogen-bond acceptors (Lipinski definition) is 3. The van der Waals surface area contributed by atoms with Crippen molar-refractivity contribution in [2.45, 2.75) is 32.7 Å². The topological polar surface area (TPSA) is 55.4 Å². The molecule has 0 bridgehead atoms. The third-order valence-corrected chi connectivity index (χ3v) is 4.02. The Morgan fingerprint density at radius 1 is 1.30 bits per heavy atom. The average molecular weight is 389 g/mol. The Morgan fingerprint density at radius 3 is 2.45 bits per heavy atom. The normalized spacial score (nSPS) is 12.1. The summed E-state index contributed by atoms with van der Waals surface area (Å²) in [5.41, 5.74) is 0.553. The molecule has 4 nitrogen and oxygen atoms in total. The molecular formula is C15H20INO3. The smallest absolute Gasteiger partial charge is 0.328 e. The van der Waals surface area contributed by atoms with Gasteiger partial charge in [-0.25, -0.2) is 4.79 Å². The van der Waals surface area contributed by atoms with Crippen molar-refractivity contribution in [1.29, 1.82) is 0 Å². The maximum atomic E-state index is 12.2. The monoisotopic (exact) mass is 389 g/mol. The highest BCUT2D eigenvalue weighted by atomic mass is 127. The molecule has 1 amide bonds. The minimum absolute atomic E-state index is 0.0779. The SMILES string of the molecule is CCC(CC)[C@H](NC(=O)c1cccc(I)c1)C(=O)OC. The molecule has 0 aliphatic carbocycles. The van der Waals surface area contributed by atoms with Crippen LogP contribution in [-0.2, 0) is 9.53 Å². The molecular weight excluding hydrogens is 369 g/mol. The van der Waals surface area contributed by atoms with Gasteiger partial charge in [-0.1, -0.05) is 32.8 Å². The predicted molar refractivity (Wildman–Crippen MR) is 86.5 cm³/mol. The molecule has 110 valence electrons. The molecule has 0 radical (unpaired) electrons. The molecule has 0 fully saturated rings. The molecule has 0 aliphatic rings. The van der Waals surface area contributed by atoms with Crippen LogP contribution in [0, 0.1) is 9.49 Å². The van der Waals surface area contributed by atoms with E-state index < -0.39 is 12.0 Å². The van der Waals surface area contributed by atoms with E-state index in [4.69, 9.17) is 4.74 Å². The zero-order valence-corrected chi connectivity index (χ0v) is 14.1. The number of amides is 1. The third-order valence-electron chi connectivity index (χ3n) is 3.35. The molecule has 20 heavy (non-hydrogen) atoms. The van der Waals surface area contributed by atoms with Gasteiger partial charge in [0.1, 0.15) is 6.04 Å². The van der Waals surface area contributed by atoms with Gasteiger partial charge in [-0.2, -0.15) is 0 Å². The van der Waals surface area contributed by atoms with E-state index in [1.807, 2.05) is 26.0 Å². The van der Waals surface area contributed by atoms with E-state index in [9.17, 15) is 9.59 Å². The van der Waals surface area contributed by atoms with Crippen molar-refractivity contribution in [2.24, 2.45) is 5.92 Å². The van der Waals surface area contributed by atoms with Gasteiger partial charge in [-0.15, -0.1) is 0 Å². The van der Waals surface area contributed by atoms with Crippen LogP contribution >= 0.6 is 22.6 Å². The molecule has 0 heterocycles. The lowest BCUT2D eigenvalue weighted by Gasteiger charge is -2.24. The Kier molecular flexibility index (Phi) is 6.98. The number of methoxy groups -OCH3 is 1. The third kappa shape index (κ3) is 4.47. The number of halogens is 1. The number of benzene rings is 1. The highest BCUT2D eigenvalue weighted by Gasteiger charge is 2.28. The fourth-order valence-corrected chi connectivity index (χ4v) is 2.65. The average Bonchev–Trinajstić information content (AvgIpc) is 2.46. The van der Waals surface area contributed by atoms with Crippen LogP contribution in [0.2, 0.25) is 0 Å². The van der Waals surface area contributed by atoms with Gasteiger partial charge in [0.05, 0.1) is 7.11 Å². The van der Waals surface area contributed by atoms with Gasteiger partial charge in [0.25, 0.3) is 5.91 Å². The summed E-state index contributed by atoms with van der Waals surface area (Å²) < 4.78 is 5.78. The van der Waals surface area contributed by atoms with E-state index in [-0.39, 0.29) is 11.8 Å². The van der Waals surface area contributed by atoms with Gasteiger partial charge >= 0.3 is 5.97 Å². The van der Waals surface area contributed by atoms with E-state index in [2.05, 4.69) is 27.9 Å². The molecule has 1 rings (SSSR count). The van der Waals surface area contributed by atoms with Crippen LogP contribution in [0.4, 0.5) is 0 Å². The maximum absolute atomic E-state index is 12.2. The van der Waals surface area contributed by atoms with Gasteiger partial charge in [0, 0.05) is 9.13 Å². The Hall–Kier alpha value is -1.11. The number of nitrogens with one attached hydrogen (secondary N) is 1. The summed E-state index contributed by atoms with van der Waals surface area (Å²) in [5.74, 6) is -0.558. The van der Waals surface area contributed by atoms with E-state index in [0.29, 0.717) is 5.56 Å². The molecule has 0 aliphatic heterocycles. The molecule has 0 unspecified atom stereocenters. The number of esters is 1. The predicted octanol–water partition coefficient (Wildman–Crippen LogP) is 3.00. The standard InChI is InChI=1S/C15H20INO3/c1-4-10(5-2)13(15(19)20-3)17-14(18)11-7-6-8-12(16)9-11/h6-10,13H,4-5H2,1-3H3,(H,17,18)/t13-/m0/s1. The van der Waals surface area contributed by atoms with Crippen molar-refractivity contribution < 1.29 is 14.3 Å². The number of carbonyl (C=O) groups excluding carboxylic acids is 2. The van der Waals surface area contributed by atoms with Crippen molar-refractivity contribution in [2.75, 3.05) is 7.11 Å². The Balaban J connectivity index is 2.89. The number of ether oxygens (including phenoxy) is 1.